The SMILES string of the molecule is CC(O[Si](C)(C)C)(c1cc(F)c(N)c(Cl)c1)C(F)(F)F. The summed E-state index contributed by atoms with van der Waals surface area (Å²) in [5.74, 6) is -0.998. The summed E-state index contributed by atoms with van der Waals surface area (Å²) < 4.78 is 59.0. The molecule has 1 aromatic rings. The third-order valence-corrected chi connectivity index (χ3v) is 4.01. The van der Waals surface area contributed by atoms with Crippen molar-refractivity contribution in [2.45, 2.75) is 38.3 Å². The molecule has 20 heavy (non-hydrogen) atoms. The Kier molecular flexibility index (Phi) is 4.48. The number of alkyl halides is 3. The molecule has 0 saturated carbocycles. The van der Waals surface area contributed by atoms with E-state index in [9.17, 15) is 17.6 Å². The third-order valence-electron chi connectivity index (χ3n) is 2.68. The second-order valence-corrected chi connectivity index (χ2v) is 10.4. The van der Waals surface area contributed by atoms with Gasteiger partial charge in [-0.2, -0.15) is 13.2 Å². The van der Waals surface area contributed by atoms with Crippen LogP contribution >= 0.6 is 11.6 Å². The minimum atomic E-state index is -4.71. The van der Waals surface area contributed by atoms with Gasteiger partial charge in [-0.1, -0.05) is 11.6 Å². The molecule has 0 aliphatic heterocycles. The minimum Gasteiger partial charge on any atom is -0.401 e. The fraction of sp³-hybridized carbons (Fsp3) is 0.500. The summed E-state index contributed by atoms with van der Waals surface area (Å²) in [5.41, 5.74) is 1.90. The Bertz CT molecular complexity index is 492. The molecule has 0 aliphatic carbocycles. The number of nitrogens with two attached hydrogens (primary N) is 1. The Morgan fingerprint density at radius 2 is 1.70 bits per heavy atom. The summed E-state index contributed by atoms with van der Waals surface area (Å²) in [6, 6.07) is 1.71. The lowest BCUT2D eigenvalue weighted by molar-refractivity contribution is -0.251. The molecule has 1 rings (SSSR count). The van der Waals surface area contributed by atoms with Crippen LogP contribution < -0.4 is 5.73 Å². The molecular weight excluding hydrogens is 314 g/mol. The number of hydrogen-bond donors (Lipinski definition) is 1. The number of hydrogen-bond acceptors (Lipinski definition) is 2. The van der Waals surface area contributed by atoms with Crippen molar-refractivity contribution in [3.63, 3.8) is 0 Å². The molecule has 8 heteroatoms. The highest BCUT2D eigenvalue weighted by atomic mass is 35.5. The predicted octanol–water partition coefficient (Wildman–Crippen LogP) is 4.69. The first kappa shape index (κ1) is 17.3. The van der Waals surface area contributed by atoms with Crippen LogP contribution in [-0.4, -0.2) is 14.5 Å². The van der Waals surface area contributed by atoms with Crippen LogP contribution in [0.25, 0.3) is 0 Å². The zero-order valence-corrected chi connectivity index (χ0v) is 13.3. The summed E-state index contributed by atoms with van der Waals surface area (Å²) >= 11 is 5.67. The molecule has 0 saturated heterocycles. The molecule has 0 radical (unpaired) electrons. The molecule has 2 N–H and O–H groups in total. The first-order valence-corrected chi connectivity index (χ1v) is 9.58. The molecule has 114 valence electrons. The van der Waals surface area contributed by atoms with Crippen molar-refractivity contribution in [1.82, 2.24) is 0 Å². The number of benzene rings is 1. The Hall–Kier alpha value is -0.793. The Balaban J connectivity index is 3.47. The molecule has 1 aromatic carbocycles. The van der Waals surface area contributed by atoms with Gasteiger partial charge in [0.2, 0.25) is 0 Å². The van der Waals surface area contributed by atoms with Crippen LogP contribution in [0.2, 0.25) is 24.7 Å². The molecule has 0 heterocycles. The maximum atomic E-state index is 13.6. The molecule has 0 fully saturated rings. The summed E-state index contributed by atoms with van der Waals surface area (Å²) in [4.78, 5) is 0. The third kappa shape index (κ3) is 3.45. The number of rotatable bonds is 3. The molecule has 0 aliphatic rings. The first-order chi connectivity index (χ1) is 8.78. The lowest BCUT2D eigenvalue weighted by atomic mass is 9.95. The topological polar surface area (TPSA) is 35.2 Å². The predicted molar refractivity (Wildman–Crippen MR) is 73.7 cm³/mol. The van der Waals surface area contributed by atoms with Crippen molar-refractivity contribution in [2.24, 2.45) is 0 Å². The standard InChI is InChI=1S/C12H16ClF4NOSi/c1-11(12(15,16)17,19-20(2,3)4)7-5-8(13)10(18)9(14)6-7/h5-6H,18H2,1-4H3. The average molecular weight is 330 g/mol. The average Bonchev–Trinajstić information content (AvgIpc) is 2.21. The van der Waals surface area contributed by atoms with E-state index in [1.165, 1.54) is 0 Å². The van der Waals surface area contributed by atoms with E-state index in [0.717, 1.165) is 19.1 Å². The Morgan fingerprint density at radius 3 is 2.05 bits per heavy atom. The van der Waals surface area contributed by atoms with E-state index >= 15 is 0 Å². The van der Waals surface area contributed by atoms with Crippen LogP contribution in [0.1, 0.15) is 12.5 Å². The van der Waals surface area contributed by atoms with Crippen molar-refractivity contribution in [2.75, 3.05) is 5.73 Å². The second-order valence-electron chi connectivity index (χ2n) is 5.60. The van der Waals surface area contributed by atoms with E-state index in [0.29, 0.717) is 0 Å². The van der Waals surface area contributed by atoms with Crippen LogP contribution in [0.15, 0.2) is 12.1 Å². The quantitative estimate of drug-likeness (QED) is 0.496. The zero-order valence-electron chi connectivity index (χ0n) is 11.5. The number of nitrogen functional groups attached to an aromatic ring is 1. The summed E-state index contributed by atoms with van der Waals surface area (Å²) in [7, 11) is -2.55. The van der Waals surface area contributed by atoms with Gasteiger partial charge in [0, 0.05) is 0 Å². The van der Waals surface area contributed by atoms with Crippen molar-refractivity contribution >= 4 is 25.6 Å². The summed E-state index contributed by atoms with van der Waals surface area (Å²) in [5, 5.41) is -0.269. The molecule has 0 bridgehead atoms. The molecule has 0 aromatic heterocycles. The number of anilines is 1. The maximum absolute atomic E-state index is 13.6. The largest absolute Gasteiger partial charge is 0.420 e. The molecule has 1 unspecified atom stereocenters. The number of halogens is 5. The highest BCUT2D eigenvalue weighted by Crippen LogP contribution is 2.45. The molecule has 0 spiro atoms. The van der Waals surface area contributed by atoms with Crippen LogP contribution in [0.4, 0.5) is 23.2 Å². The van der Waals surface area contributed by atoms with E-state index < -0.39 is 31.5 Å². The lowest BCUT2D eigenvalue weighted by Crippen LogP contribution is -2.48. The van der Waals surface area contributed by atoms with Crippen molar-refractivity contribution in [1.29, 1.82) is 0 Å². The fourth-order valence-electron chi connectivity index (χ4n) is 1.75. The first-order valence-electron chi connectivity index (χ1n) is 5.80. The van der Waals surface area contributed by atoms with E-state index in [2.05, 4.69) is 0 Å². The summed E-state index contributed by atoms with van der Waals surface area (Å²) in [6.07, 6.45) is -4.71. The van der Waals surface area contributed by atoms with Crippen molar-refractivity contribution < 1.29 is 22.0 Å². The minimum absolute atomic E-state index is 0.269. The smallest absolute Gasteiger partial charge is 0.401 e. The van der Waals surface area contributed by atoms with Gasteiger partial charge in [-0.15, -0.1) is 0 Å². The van der Waals surface area contributed by atoms with E-state index in [1.54, 1.807) is 19.6 Å². The Morgan fingerprint density at radius 1 is 1.20 bits per heavy atom. The van der Waals surface area contributed by atoms with E-state index in [1.807, 2.05) is 0 Å². The van der Waals surface area contributed by atoms with Gasteiger partial charge in [-0.3, -0.25) is 0 Å². The van der Waals surface area contributed by atoms with Crippen molar-refractivity contribution in [3.8, 4) is 0 Å². The molecule has 0 amide bonds. The van der Waals surface area contributed by atoms with Gasteiger partial charge in [0.05, 0.1) is 10.7 Å². The highest BCUT2D eigenvalue weighted by molar-refractivity contribution is 6.69. The van der Waals surface area contributed by atoms with Crippen LogP contribution in [0, 0.1) is 5.82 Å². The summed E-state index contributed by atoms with van der Waals surface area (Å²) in [6.45, 7) is 5.72. The van der Waals surface area contributed by atoms with Gasteiger partial charge >= 0.3 is 6.18 Å². The highest BCUT2D eigenvalue weighted by Gasteiger charge is 2.55. The Labute approximate surface area is 121 Å². The lowest BCUT2D eigenvalue weighted by Gasteiger charge is -2.38. The van der Waals surface area contributed by atoms with Crippen molar-refractivity contribution in [3.05, 3.63) is 28.5 Å². The van der Waals surface area contributed by atoms with Gasteiger partial charge < -0.3 is 10.2 Å². The van der Waals surface area contributed by atoms with Crippen LogP contribution in [0.5, 0.6) is 0 Å². The van der Waals surface area contributed by atoms with Crippen LogP contribution in [-0.2, 0) is 10.0 Å². The molecular formula is C12H16ClF4NOSi. The second kappa shape index (κ2) is 5.20. The van der Waals surface area contributed by atoms with Gasteiger partial charge in [0.25, 0.3) is 0 Å². The molecule has 1 atom stereocenters. The van der Waals surface area contributed by atoms with E-state index in [4.69, 9.17) is 21.8 Å². The maximum Gasteiger partial charge on any atom is 0.420 e. The monoisotopic (exact) mass is 329 g/mol. The van der Waals surface area contributed by atoms with Gasteiger partial charge in [0.15, 0.2) is 13.9 Å². The van der Waals surface area contributed by atoms with Crippen LogP contribution in [0.3, 0.4) is 0 Å². The van der Waals surface area contributed by atoms with E-state index in [-0.39, 0.29) is 10.7 Å². The van der Waals surface area contributed by atoms with Gasteiger partial charge in [0.1, 0.15) is 5.82 Å². The fourth-order valence-corrected chi connectivity index (χ4v) is 3.42. The molecule has 2 nitrogen and oxygen atoms in total. The van der Waals surface area contributed by atoms with Gasteiger partial charge in [-0.05, 0) is 44.3 Å². The normalized spacial score (nSPS) is 16.1. The zero-order chi connectivity index (χ0) is 15.9. The van der Waals surface area contributed by atoms with Gasteiger partial charge in [-0.25, -0.2) is 4.39 Å².